The third kappa shape index (κ3) is 3.24. The van der Waals surface area contributed by atoms with Crippen molar-refractivity contribution in [2.24, 2.45) is 0 Å². The first-order chi connectivity index (χ1) is 8.75. The van der Waals surface area contributed by atoms with E-state index in [2.05, 4.69) is 10.3 Å². The lowest BCUT2D eigenvalue weighted by Gasteiger charge is -2.21. The molecular weight excluding hydrogens is 262 g/mol. The summed E-state index contributed by atoms with van der Waals surface area (Å²) in [5, 5.41) is 15.2. The molecule has 19 heavy (non-hydrogen) atoms. The number of hydrogen-bond acceptors (Lipinski definition) is 4. The molecule has 0 aliphatic carbocycles. The summed E-state index contributed by atoms with van der Waals surface area (Å²) in [5.41, 5.74) is -1.70. The molecule has 0 unspecified atom stereocenters. The molecule has 1 amide bonds. The van der Waals surface area contributed by atoms with E-state index in [4.69, 9.17) is 5.11 Å². The number of carboxylic acids is 1. The molecule has 0 fully saturated rings. The van der Waals surface area contributed by atoms with E-state index in [0.29, 0.717) is 4.68 Å². The van der Waals surface area contributed by atoms with E-state index >= 15 is 0 Å². The van der Waals surface area contributed by atoms with Crippen LogP contribution < -0.4 is 0 Å². The van der Waals surface area contributed by atoms with Gasteiger partial charge < -0.3 is 10.0 Å². The van der Waals surface area contributed by atoms with E-state index in [1.807, 2.05) is 0 Å². The molecule has 1 heterocycles. The number of halogens is 2. The quantitative estimate of drug-likeness (QED) is 0.858. The van der Waals surface area contributed by atoms with E-state index in [9.17, 15) is 18.4 Å². The predicted octanol–water partition coefficient (Wildman–Crippen LogP) is 0.781. The molecule has 0 aliphatic heterocycles. The van der Waals surface area contributed by atoms with Crippen LogP contribution in [0.25, 0.3) is 0 Å². The van der Waals surface area contributed by atoms with Crippen LogP contribution in [0, 0.1) is 0 Å². The summed E-state index contributed by atoms with van der Waals surface area (Å²) < 4.78 is 26.2. The molecule has 1 rings (SSSR count). The molecule has 0 aromatic carbocycles. The van der Waals surface area contributed by atoms with E-state index in [-0.39, 0.29) is 6.04 Å². The van der Waals surface area contributed by atoms with Crippen LogP contribution in [0.3, 0.4) is 0 Å². The number of amides is 1. The number of carboxylic acid groups (broad SMARTS) is 1. The molecule has 1 aromatic heterocycles. The fraction of sp³-hybridized carbons (Fsp3) is 0.600. The number of carbonyl (C=O) groups excluding carboxylic acids is 1. The zero-order valence-corrected chi connectivity index (χ0v) is 10.7. The van der Waals surface area contributed by atoms with Gasteiger partial charge in [0.15, 0.2) is 5.69 Å². The van der Waals surface area contributed by atoms with Gasteiger partial charge in [-0.1, -0.05) is 5.21 Å². The Morgan fingerprint density at radius 1 is 1.42 bits per heavy atom. The van der Waals surface area contributed by atoms with Gasteiger partial charge in [0.1, 0.15) is 12.2 Å². The van der Waals surface area contributed by atoms with Gasteiger partial charge in [0, 0.05) is 13.1 Å². The van der Waals surface area contributed by atoms with Crippen molar-refractivity contribution in [1.29, 1.82) is 0 Å². The van der Waals surface area contributed by atoms with Crippen LogP contribution in [0.4, 0.5) is 8.78 Å². The van der Waals surface area contributed by atoms with Gasteiger partial charge in [-0.2, -0.15) is 0 Å². The fourth-order valence-electron chi connectivity index (χ4n) is 1.33. The molecule has 7 nitrogen and oxygen atoms in total. The minimum Gasteiger partial charge on any atom is -0.476 e. The minimum absolute atomic E-state index is 0.107. The van der Waals surface area contributed by atoms with Gasteiger partial charge in [-0.3, -0.25) is 4.79 Å². The molecule has 0 aliphatic rings. The number of likely N-dealkylation sites (N-methyl/N-ethyl adjacent to an activating group) is 1. The summed E-state index contributed by atoms with van der Waals surface area (Å²) in [6.07, 6.45) is -3.07. The summed E-state index contributed by atoms with van der Waals surface area (Å²) in [4.78, 5) is 23.8. The van der Waals surface area contributed by atoms with Crippen molar-refractivity contribution in [2.75, 3.05) is 7.05 Å². The van der Waals surface area contributed by atoms with Crippen molar-refractivity contribution < 1.29 is 23.5 Å². The summed E-state index contributed by atoms with van der Waals surface area (Å²) in [5.74, 6) is -2.06. The molecule has 0 bridgehead atoms. The zero-order chi connectivity index (χ0) is 14.7. The number of aromatic nitrogens is 3. The molecule has 1 N–H and O–H groups in total. The second-order valence-corrected chi connectivity index (χ2v) is 4.19. The van der Waals surface area contributed by atoms with Crippen molar-refractivity contribution in [3.05, 3.63) is 11.4 Å². The van der Waals surface area contributed by atoms with E-state index < -0.39 is 36.2 Å². The Hall–Kier alpha value is -2.06. The van der Waals surface area contributed by atoms with Gasteiger partial charge in [-0.15, -0.1) is 5.10 Å². The summed E-state index contributed by atoms with van der Waals surface area (Å²) >= 11 is 0. The maximum atomic E-state index is 12.8. The van der Waals surface area contributed by atoms with Crippen LogP contribution in [0.15, 0.2) is 0 Å². The highest BCUT2D eigenvalue weighted by atomic mass is 19.3. The maximum absolute atomic E-state index is 12.8. The molecular formula is C10H14F2N4O3. The van der Waals surface area contributed by atoms with Gasteiger partial charge in [0.05, 0.1) is 0 Å². The van der Waals surface area contributed by atoms with E-state index in [1.54, 1.807) is 13.8 Å². The van der Waals surface area contributed by atoms with Crippen LogP contribution in [-0.2, 0) is 11.3 Å². The van der Waals surface area contributed by atoms with Crippen molar-refractivity contribution >= 4 is 11.9 Å². The largest absolute Gasteiger partial charge is 0.476 e. The Kier molecular flexibility index (Phi) is 4.52. The van der Waals surface area contributed by atoms with E-state index in [0.717, 1.165) is 0 Å². The van der Waals surface area contributed by atoms with Crippen LogP contribution in [0.5, 0.6) is 0 Å². The SMILES string of the molecule is CC(C)N(C)C(=O)Cn1nnc(C(=O)O)c1C(F)F. The van der Waals surface area contributed by atoms with Gasteiger partial charge in [-0.05, 0) is 13.8 Å². The Labute approximate surface area is 107 Å². The van der Waals surface area contributed by atoms with Gasteiger partial charge in [0.25, 0.3) is 6.43 Å². The zero-order valence-electron chi connectivity index (χ0n) is 10.7. The molecule has 0 spiro atoms. The van der Waals surface area contributed by atoms with Crippen LogP contribution in [0.1, 0.15) is 36.5 Å². The monoisotopic (exact) mass is 276 g/mol. The Morgan fingerprint density at radius 3 is 2.42 bits per heavy atom. The minimum atomic E-state index is -3.07. The third-order valence-electron chi connectivity index (χ3n) is 2.64. The number of carbonyl (C=O) groups is 2. The molecule has 0 atom stereocenters. The maximum Gasteiger partial charge on any atom is 0.358 e. The standard InChI is InChI=1S/C10H14F2N4O3/c1-5(2)15(3)6(17)4-16-8(9(11)12)7(10(18)19)13-14-16/h5,9H,4H2,1-3H3,(H,18,19). The summed E-state index contributed by atoms with van der Waals surface area (Å²) in [7, 11) is 1.52. The van der Waals surface area contributed by atoms with Gasteiger partial charge in [0.2, 0.25) is 5.91 Å². The molecule has 0 saturated carbocycles. The van der Waals surface area contributed by atoms with Gasteiger partial charge in [-0.25, -0.2) is 18.3 Å². The highest BCUT2D eigenvalue weighted by molar-refractivity contribution is 5.86. The molecule has 106 valence electrons. The summed E-state index contributed by atoms with van der Waals surface area (Å²) in [6, 6.07) is -0.107. The second-order valence-electron chi connectivity index (χ2n) is 4.19. The lowest BCUT2D eigenvalue weighted by Crippen LogP contribution is -2.36. The molecule has 1 aromatic rings. The Bertz CT molecular complexity index is 487. The number of nitrogens with zero attached hydrogens (tertiary/aromatic N) is 4. The highest BCUT2D eigenvalue weighted by Crippen LogP contribution is 2.21. The summed E-state index contributed by atoms with van der Waals surface area (Å²) in [6.45, 7) is 3.04. The van der Waals surface area contributed by atoms with Crippen LogP contribution in [0.2, 0.25) is 0 Å². The smallest absolute Gasteiger partial charge is 0.358 e. The lowest BCUT2D eigenvalue weighted by molar-refractivity contribution is -0.132. The normalized spacial score (nSPS) is 11.1. The predicted molar refractivity (Wildman–Crippen MR) is 59.8 cm³/mol. The Morgan fingerprint density at radius 2 is 2.00 bits per heavy atom. The average Bonchev–Trinajstić information content (AvgIpc) is 2.71. The lowest BCUT2D eigenvalue weighted by atomic mass is 10.3. The average molecular weight is 276 g/mol. The topological polar surface area (TPSA) is 88.3 Å². The van der Waals surface area contributed by atoms with Crippen molar-refractivity contribution in [3.8, 4) is 0 Å². The second kappa shape index (κ2) is 5.72. The van der Waals surface area contributed by atoms with Crippen molar-refractivity contribution in [1.82, 2.24) is 19.9 Å². The highest BCUT2D eigenvalue weighted by Gasteiger charge is 2.27. The number of hydrogen-bond donors (Lipinski definition) is 1. The molecule has 9 heteroatoms. The third-order valence-corrected chi connectivity index (χ3v) is 2.64. The fourth-order valence-corrected chi connectivity index (χ4v) is 1.33. The van der Waals surface area contributed by atoms with Crippen LogP contribution in [-0.4, -0.2) is 50.0 Å². The van der Waals surface area contributed by atoms with Crippen molar-refractivity contribution in [3.63, 3.8) is 0 Å². The molecule has 0 saturated heterocycles. The first kappa shape index (κ1) is 15.0. The Balaban J connectivity index is 3.02. The van der Waals surface area contributed by atoms with Crippen molar-refractivity contribution in [2.45, 2.75) is 32.9 Å². The van der Waals surface area contributed by atoms with E-state index in [1.165, 1.54) is 11.9 Å². The first-order valence-corrected chi connectivity index (χ1v) is 5.46. The van der Waals surface area contributed by atoms with Gasteiger partial charge >= 0.3 is 5.97 Å². The number of rotatable bonds is 5. The van der Waals surface area contributed by atoms with Crippen LogP contribution >= 0.6 is 0 Å². The first-order valence-electron chi connectivity index (χ1n) is 5.46. The number of alkyl halides is 2. The molecule has 0 radical (unpaired) electrons. The number of aromatic carboxylic acids is 1.